The Morgan fingerprint density at radius 3 is 2.59 bits per heavy atom. The third kappa shape index (κ3) is 3.90. The topological polar surface area (TPSA) is 67.9 Å². The number of pyridine rings is 1. The van der Waals surface area contributed by atoms with Crippen molar-refractivity contribution in [3.05, 3.63) is 34.3 Å². The molecule has 5 nitrogen and oxygen atoms in total. The van der Waals surface area contributed by atoms with Crippen LogP contribution in [0.25, 0.3) is 0 Å². The van der Waals surface area contributed by atoms with E-state index in [1.807, 2.05) is 13.1 Å². The highest BCUT2D eigenvalue weighted by atomic mass is 35.5. The molecule has 3 heterocycles. The fourth-order valence-corrected chi connectivity index (χ4v) is 5.39. The van der Waals surface area contributed by atoms with Crippen LogP contribution in [-0.4, -0.2) is 34.1 Å². The second-order valence-corrected chi connectivity index (χ2v) is 9.34. The minimum absolute atomic E-state index is 0.309. The van der Waals surface area contributed by atoms with Gasteiger partial charge in [0.1, 0.15) is 16.0 Å². The summed E-state index contributed by atoms with van der Waals surface area (Å²) in [6, 6.07) is 2.16. The zero-order valence-corrected chi connectivity index (χ0v) is 17.6. The van der Waals surface area contributed by atoms with Crippen LogP contribution in [0.1, 0.15) is 37.8 Å². The third-order valence-corrected chi connectivity index (χ3v) is 7.67. The molecule has 0 unspecified atom stereocenters. The van der Waals surface area contributed by atoms with Gasteiger partial charge < -0.3 is 10.6 Å². The van der Waals surface area contributed by atoms with Crippen molar-refractivity contribution >= 4 is 40.8 Å². The van der Waals surface area contributed by atoms with E-state index in [1.165, 1.54) is 31.0 Å². The standard InChI is InChI=1S/C19H23Cl2N5S/c1-12-18(27-13-9-14(20)17(21)23-10-13)24-11-16(25-12)26-7-5-19(6-8-26)4-2-3-15(19)22/h9-11,15H,2-8,22H2,1H3/t15-/m1/s1. The molecule has 27 heavy (non-hydrogen) atoms. The zero-order valence-electron chi connectivity index (χ0n) is 15.3. The molecule has 1 spiro atoms. The van der Waals surface area contributed by atoms with Gasteiger partial charge in [0.2, 0.25) is 0 Å². The van der Waals surface area contributed by atoms with E-state index in [0.717, 1.165) is 47.4 Å². The van der Waals surface area contributed by atoms with E-state index in [4.69, 9.17) is 33.9 Å². The van der Waals surface area contributed by atoms with E-state index in [-0.39, 0.29) is 0 Å². The molecular formula is C19H23Cl2N5S. The first-order valence-corrected chi connectivity index (χ1v) is 10.9. The Kier molecular flexibility index (Phi) is 5.52. The number of hydrogen-bond acceptors (Lipinski definition) is 6. The average Bonchev–Trinajstić information content (AvgIpc) is 3.00. The first kappa shape index (κ1) is 19.2. The molecule has 0 bridgehead atoms. The van der Waals surface area contributed by atoms with Crippen LogP contribution in [0.5, 0.6) is 0 Å². The quantitative estimate of drug-likeness (QED) is 0.719. The summed E-state index contributed by atoms with van der Waals surface area (Å²) in [7, 11) is 0. The number of nitrogens with zero attached hydrogens (tertiary/aromatic N) is 4. The molecule has 1 saturated carbocycles. The van der Waals surface area contributed by atoms with Crippen molar-refractivity contribution in [1.29, 1.82) is 0 Å². The van der Waals surface area contributed by atoms with E-state index in [2.05, 4.69) is 14.9 Å². The molecular weight excluding hydrogens is 401 g/mol. The van der Waals surface area contributed by atoms with Gasteiger partial charge in [-0.3, -0.25) is 0 Å². The van der Waals surface area contributed by atoms with Crippen LogP contribution in [-0.2, 0) is 0 Å². The van der Waals surface area contributed by atoms with E-state index >= 15 is 0 Å². The number of halogens is 2. The highest BCUT2D eigenvalue weighted by Gasteiger charge is 2.43. The van der Waals surface area contributed by atoms with Gasteiger partial charge in [-0.2, -0.15) is 0 Å². The lowest BCUT2D eigenvalue weighted by Gasteiger charge is -2.42. The molecule has 2 N–H and O–H groups in total. The van der Waals surface area contributed by atoms with Gasteiger partial charge in [-0.1, -0.05) is 41.4 Å². The maximum atomic E-state index is 6.39. The minimum atomic E-state index is 0.309. The number of anilines is 1. The van der Waals surface area contributed by atoms with Gasteiger partial charge in [0.25, 0.3) is 0 Å². The van der Waals surface area contributed by atoms with E-state index in [1.54, 1.807) is 12.3 Å². The van der Waals surface area contributed by atoms with Gasteiger partial charge in [-0.15, -0.1) is 0 Å². The molecule has 0 aromatic carbocycles. The molecule has 1 atom stereocenters. The van der Waals surface area contributed by atoms with Crippen LogP contribution in [0, 0.1) is 12.3 Å². The lowest BCUT2D eigenvalue weighted by molar-refractivity contribution is 0.197. The maximum Gasteiger partial charge on any atom is 0.147 e. The monoisotopic (exact) mass is 423 g/mol. The lowest BCUT2D eigenvalue weighted by atomic mass is 9.74. The molecule has 2 aliphatic rings. The van der Waals surface area contributed by atoms with Gasteiger partial charge in [0.05, 0.1) is 16.9 Å². The fourth-order valence-electron chi connectivity index (χ4n) is 4.25. The number of piperidine rings is 1. The normalized spacial score (nSPS) is 21.8. The Morgan fingerprint density at radius 1 is 1.19 bits per heavy atom. The van der Waals surface area contributed by atoms with Crippen molar-refractivity contribution in [2.45, 2.75) is 55.0 Å². The molecule has 1 saturated heterocycles. The van der Waals surface area contributed by atoms with Gasteiger partial charge in [0, 0.05) is 30.2 Å². The molecule has 2 aromatic heterocycles. The first-order valence-electron chi connectivity index (χ1n) is 9.30. The van der Waals surface area contributed by atoms with Crippen LogP contribution >= 0.6 is 35.0 Å². The van der Waals surface area contributed by atoms with E-state index in [9.17, 15) is 0 Å². The van der Waals surface area contributed by atoms with Gasteiger partial charge in [-0.05, 0) is 44.1 Å². The predicted octanol–water partition coefficient (Wildman–Crippen LogP) is 4.74. The van der Waals surface area contributed by atoms with Crippen LogP contribution in [0.15, 0.2) is 28.4 Å². The van der Waals surface area contributed by atoms with Gasteiger partial charge >= 0.3 is 0 Å². The van der Waals surface area contributed by atoms with E-state index in [0.29, 0.717) is 21.6 Å². The van der Waals surface area contributed by atoms with Crippen LogP contribution in [0.3, 0.4) is 0 Å². The molecule has 0 radical (unpaired) electrons. The summed E-state index contributed by atoms with van der Waals surface area (Å²) in [6.45, 7) is 4.00. The Bertz CT molecular complexity index is 839. The van der Waals surface area contributed by atoms with Crippen LogP contribution < -0.4 is 10.6 Å². The summed E-state index contributed by atoms with van der Waals surface area (Å²) in [5.41, 5.74) is 7.65. The molecule has 0 amide bonds. The molecule has 1 aliphatic heterocycles. The van der Waals surface area contributed by atoms with Crippen molar-refractivity contribution in [3.8, 4) is 0 Å². The number of nitrogens with two attached hydrogens (primary N) is 1. The number of rotatable bonds is 3. The van der Waals surface area contributed by atoms with Crippen LogP contribution in [0.2, 0.25) is 10.2 Å². The van der Waals surface area contributed by atoms with Crippen molar-refractivity contribution in [1.82, 2.24) is 15.0 Å². The lowest BCUT2D eigenvalue weighted by Crippen LogP contribution is -2.47. The molecule has 8 heteroatoms. The average molecular weight is 424 g/mol. The number of hydrogen-bond donors (Lipinski definition) is 1. The summed E-state index contributed by atoms with van der Waals surface area (Å²) in [6.07, 6.45) is 9.60. The van der Waals surface area contributed by atoms with Gasteiger partial charge in [0.15, 0.2) is 0 Å². The van der Waals surface area contributed by atoms with E-state index < -0.39 is 0 Å². The zero-order chi connectivity index (χ0) is 19.0. The van der Waals surface area contributed by atoms with Crippen molar-refractivity contribution in [2.75, 3.05) is 18.0 Å². The Hall–Kier alpha value is -1.08. The Morgan fingerprint density at radius 2 is 1.96 bits per heavy atom. The summed E-state index contributed by atoms with van der Waals surface area (Å²) in [4.78, 5) is 16.7. The summed E-state index contributed by atoms with van der Waals surface area (Å²) < 4.78 is 0. The second kappa shape index (κ2) is 7.74. The third-order valence-electron chi connectivity index (χ3n) is 5.93. The second-order valence-electron chi connectivity index (χ2n) is 7.51. The predicted molar refractivity (Wildman–Crippen MR) is 111 cm³/mol. The highest BCUT2D eigenvalue weighted by molar-refractivity contribution is 7.99. The minimum Gasteiger partial charge on any atom is -0.355 e. The molecule has 1 aliphatic carbocycles. The first-order chi connectivity index (χ1) is 13.0. The smallest absolute Gasteiger partial charge is 0.147 e. The van der Waals surface area contributed by atoms with Crippen LogP contribution in [0.4, 0.5) is 5.82 Å². The summed E-state index contributed by atoms with van der Waals surface area (Å²) >= 11 is 13.4. The number of aromatic nitrogens is 3. The molecule has 4 rings (SSSR count). The SMILES string of the molecule is Cc1nc(N2CCC3(CCC[C@H]3N)CC2)cnc1Sc1cnc(Cl)c(Cl)c1. The Labute approximate surface area is 174 Å². The summed E-state index contributed by atoms with van der Waals surface area (Å²) in [5.74, 6) is 0.950. The molecule has 144 valence electrons. The van der Waals surface area contributed by atoms with Crippen molar-refractivity contribution < 1.29 is 0 Å². The fraction of sp³-hybridized carbons (Fsp3) is 0.526. The molecule has 2 aromatic rings. The maximum absolute atomic E-state index is 6.39. The highest BCUT2D eigenvalue weighted by Crippen LogP contribution is 2.46. The van der Waals surface area contributed by atoms with Gasteiger partial charge in [-0.25, -0.2) is 15.0 Å². The van der Waals surface area contributed by atoms with Crippen molar-refractivity contribution in [3.63, 3.8) is 0 Å². The summed E-state index contributed by atoms with van der Waals surface area (Å²) in [5, 5.41) is 1.60. The largest absolute Gasteiger partial charge is 0.355 e. The number of aryl methyl sites for hydroxylation is 1. The van der Waals surface area contributed by atoms with Crippen molar-refractivity contribution in [2.24, 2.45) is 11.1 Å². The molecule has 2 fully saturated rings. The Balaban J connectivity index is 1.45.